The predicted molar refractivity (Wildman–Crippen MR) is 62.2 cm³/mol. The molecule has 0 saturated heterocycles. The minimum atomic E-state index is -0.147. The largest absolute Gasteiger partial charge is 0.359 e. The number of aromatic nitrogens is 1. The van der Waals surface area contributed by atoms with Crippen molar-refractivity contribution in [3.05, 3.63) is 40.7 Å². The number of hydrogen-bond acceptors (Lipinski definition) is 3. The fourth-order valence-corrected chi connectivity index (χ4v) is 1.69. The smallest absolute Gasteiger partial charge is 0.160 e. The first kappa shape index (κ1) is 10.4. The van der Waals surface area contributed by atoms with Crippen molar-refractivity contribution in [2.75, 3.05) is 0 Å². The molecule has 0 spiro atoms. The van der Waals surface area contributed by atoms with Crippen molar-refractivity contribution in [1.82, 2.24) is 5.16 Å². The SMILES string of the molecule is CC(N)c1oncc1-c1ccc(Br)cc1. The lowest BCUT2D eigenvalue weighted by molar-refractivity contribution is 0.368. The van der Waals surface area contributed by atoms with Crippen LogP contribution in [0.25, 0.3) is 11.1 Å². The van der Waals surface area contributed by atoms with Gasteiger partial charge in [0.2, 0.25) is 0 Å². The number of nitrogens with two attached hydrogens (primary N) is 1. The topological polar surface area (TPSA) is 52.0 Å². The van der Waals surface area contributed by atoms with Crippen LogP contribution in [0, 0.1) is 0 Å². The highest BCUT2D eigenvalue weighted by Gasteiger charge is 2.13. The molecule has 0 saturated carbocycles. The van der Waals surface area contributed by atoms with Crippen LogP contribution in [-0.4, -0.2) is 5.16 Å². The highest BCUT2D eigenvalue weighted by molar-refractivity contribution is 9.10. The van der Waals surface area contributed by atoms with Crippen molar-refractivity contribution < 1.29 is 4.52 Å². The summed E-state index contributed by atoms with van der Waals surface area (Å²) in [6.07, 6.45) is 1.70. The zero-order valence-electron chi connectivity index (χ0n) is 8.27. The van der Waals surface area contributed by atoms with E-state index in [1.807, 2.05) is 31.2 Å². The van der Waals surface area contributed by atoms with E-state index in [-0.39, 0.29) is 6.04 Å². The van der Waals surface area contributed by atoms with E-state index in [4.69, 9.17) is 10.3 Å². The van der Waals surface area contributed by atoms with Gasteiger partial charge in [-0.3, -0.25) is 0 Å². The first-order chi connectivity index (χ1) is 7.18. The van der Waals surface area contributed by atoms with Gasteiger partial charge in [0.15, 0.2) is 5.76 Å². The van der Waals surface area contributed by atoms with Gasteiger partial charge in [-0.1, -0.05) is 33.2 Å². The Morgan fingerprint density at radius 2 is 2.00 bits per heavy atom. The van der Waals surface area contributed by atoms with E-state index in [1.54, 1.807) is 6.20 Å². The molecule has 0 amide bonds. The molecule has 0 aliphatic heterocycles. The van der Waals surface area contributed by atoms with Crippen molar-refractivity contribution in [2.45, 2.75) is 13.0 Å². The molecule has 3 nitrogen and oxygen atoms in total. The maximum Gasteiger partial charge on any atom is 0.160 e. The maximum atomic E-state index is 5.78. The number of halogens is 1. The van der Waals surface area contributed by atoms with Gasteiger partial charge in [-0.15, -0.1) is 0 Å². The van der Waals surface area contributed by atoms with Crippen molar-refractivity contribution >= 4 is 15.9 Å². The van der Waals surface area contributed by atoms with Crippen LogP contribution in [0.3, 0.4) is 0 Å². The molecule has 1 aromatic heterocycles. The Bertz CT molecular complexity index is 448. The Morgan fingerprint density at radius 1 is 1.33 bits per heavy atom. The minimum absolute atomic E-state index is 0.147. The quantitative estimate of drug-likeness (QED) is 0.909. The van der Waals surface area contributed by atoms with E-state index in [1.165, 1.54) is 0 Å². The third-order valence-corrected chi connectivity index (χ3v) is 2.70. The Morgan fingerprint density at radius 3 is 2.60 bits per heavy atom. The van der Waals surface area contributed by atoms with Gasteiger partial charge < -0.3 is 10.3 Å². The van der Waals surface area contributed by atoms with Gasteiger partial charge in [0.1, 0.15) is 0 Å². The van der Waals surface area contributed by atoms with Crippen LogP contribution in [0.2, 0.25) is 0 Å². The Labute approximate surface area is 96.4 Å². The van der Waals surface area contributed by atoms with Crippen LogP contribution in [0.4, 0.5) is 0 Å². The predicted octanol–water partition coefficient (Wildman–Crippen LogP) is 3.12. The molecule has 0 bridgehead atoms. The van der Waals surface area contributed by atoms with E-state index in [0.29, 0.717) is 0 Å². The highest BCUT2D eigenvalue weighted by Crippen LogP contribution is 2.27. The van der Waals surface area contributed by atoms with E-state index in [9.17, 15) is 0 Å². The summed E-state index contributed by atoms with van der Waals surface area (Å²) in [6.45, 7) is 1.88. The molecular formula is C11H11BrN2O. The normalized spacial score (nSPS) is 12.7. The minimum Gasteiger partial charge on any atom is -0.359 e. The van der Waals surface area contributed by atoms with Crippen molar-refractivity contribution in [3.63, 3.8) is 0 Å². The molecule has 4 heteroatoms. The molecule has 0 radical (unpaired) electrons. The van der Waals surface area contributed by atoms with Crippen LogP contribution in [0.5, 0.6) is 0 Å². The van der Waals surface area contributed by atoms with Crippen LogP contribution in [-0.2, 0) is 0 Å². The zero-order chi connectivity index (χ0) is 10.8. The van der Waals surface area contributed by atoms with Gasteiger partial charge in [0.25, 0.3) is 0 Å². The molecule has 78 valence electrons. The summed E-state index contributed by atoms with van der Waals surface area (Å²) in [5.41, 5.74) is 7.80. The molecule has 1 heterocycles. The molecule has 0 aliphatic carbocycles. The molecule has 1 unspecified atom stereocenters. The molecule has 1 atom stereocenters. The van der Waals surface area contributed by atoms with Crippen LogP contribution in [0.15, 0.2) is 39.5 Å². The number of benzene rings is 1. The first-order valence-corrected chi connectivity index (χ1v) is 5.44. The van der Waals surface area contributed by atoms with Gasteiger partial charge in [0, 0.05) is 10.0 Å². The second-order valence-electron chi connectivity index (χ2n) is 3.40. The molecule has 2 aromatic rings. The average Bonchev–Trinajstić information content (AvgIpc) is 2.67. The van der Waals surface area contributed by atoms with E-state index >= 15 is 0 Å². The Hall–Kier alpha value is -1.13. The van der Waals surface area contributed by atoms with Gasteiger partial charge in [-0.05, 0) is 24.6 Å². The summed E-state index contributed by atoms with van der Waals surface area (Å²) in [4.78, 5) is 0. The van der Waals surface area contributed by atoms with Gasteiger partial charge in [-0.2, -0.15) is 0 Å². The first-order valence-electron chi connectivity index (χ1n) is 4.64. The third-order valence-electron chi connectivity index (χ3n) is 2.17. The summed E-state index contributed by atoms with van der Waals surface area (Å²) in [5.74, 6) is 0.720. The van der Waals surface area contributed by atoms with Crippen molar-refractivity contribution in [1.29, 1.82) is 0 Å². The average molecular weight is 267 g/mol. The van der Waals surface area contributed by atoms with E-state index in [2.05, 4.69) is 21.1 Å². The second-order valence-corrected chi connectivity index (χ2v) is 4.31. The molecule has 15 heavy (non-hydrogen) atoms. The number of rotatable bonds is 2. The monoisotopic (exact) mass is 266 g/mol. The lowest BCUT2D eigenvalue weighted by Gasteiger charge is -2.03. The number of nitrogens with zero attached hydrogens (tertiary/aromatic N) is 1. The third kappa shape index (κ3) is 2.11. The Balaban J connectivity index is 2.45. The van der Waals surface area contributed by atoms with E-state index in [0.717, 1.165) is 21.4 Å². The van der Waals surface area contributed by atoms with Gasteiger partial charge >= 0.3 is 0 Å². The summed E-state index contributed by atoms with van der Waals surface area (Å²) >= 11 is 3.39. The second kappa shape index (κ2) is 4.16. The lowest BCUT2D eigenvalue weighted by Crippen LogP contribution is -2.04. The highest BCUT2D eigenvalue weighted by atomic mass is 79.9. The fourth-order valence-electron chi connectivity index (χ4n) is 1.42. The maximum absolute atomic E-state index is 5.78. The van der Waals surface area contributed by atoms with Crippen molar-refractivity contribution in [3.8, 4) is 11.1 Å². The summed E-state index contributed by atoms with van der Waals surface area (Å²) in [6, 6.07) is 7.82. The molecule has 0 aliphatic rings. The molecular weight excluding hydrogens is 256 g/mol. The number of hydrogen-bond donors (Lipinski definition) is 1. The van der Waals surface area contributed by atoms with Crippen LogP contribution >= 0.6 is 15.9 Å². The van der Waals surface area contributed by atoms with E-state index < -0.39 is 0 Å². The lowest BCUT2D eigenvalue weighted by atomic mass is 10.0. The van der Waals surface area contributed by atoms with Crippen LogP contribution < -0.4 is 5.73 Å². The summed E-state index contributed by atoms with van der Waals surface area (Å²) in [7, 11) is 0. The zero-order valence-corrected chi connectivity index (χ0v) is 9.86. The van der Waals surface area contributed by atoms with Crippen LogP contribution in [0.1, 0.15) is 18.7 Å². The van der Waals surface area contributed by atoms with Gasteiger partial charge in [-0.25, -0.2) is 0 Å². The molecule has 2 N–H and O–H groups in total. The summed E-state index contributed by atoms with van der Waals surface area (Å²) < 4.78 is 6.17. The molecule has 0 fully saturated rings. The standard InChI is InChI=1S/C11H11BrN2O/c1-7(13)11-10(6-14-15-11)8-2-4-9(12)5-3-8/h2-7H,13H2,1H3. The molecule has 1 aromatic carbocycles. The Kier molecular flexibility index (Phi) is 2.88. The fraction of sp³-hybridized carbons (Fsp3) is 0.182. The van der Waals surface area contributed by atoms with Crippen molar-refractivity contribution in [2.24, 2.45) is 5.73 Å². The summed E-state index contributed by atoms with van der Waals surface area (Å²) in [5, 5.41) is 3.78. The molecule has 2 rings (SSSR count). The van der Waals surface area contributed by atoms with Gasteiger partial charge in [0.05, 0.1) is 12.2 Å².